The number of hydrogen-bond donors (Lipinski definition) is 1. The number of aromatic nitrogens is 1. The number of aryl methyl sites for hydroxylation is 1. The average molecular weight is 218 g/mol. The van der Waals surface area contributed by atoms with Gasteiger partial charge in [-0.05, 0) is 19.1 Å². The highest BCUT2D eigenvalue weighted by Crippen LogP contribution is 2.21. The van der Waals surface area contributed by atoms with Crippen LogP contribution in [-0.2, 0) is 11.2 Å². The predicted molar refractivity (Wildman–Crippen MR) is 61.9 cm³/mol. The van der Waals surface area contributed by atoms with Crippen LogP contribution in [0.15, 0.2) is 58.6 Å². The molecular weight excluding hydrogens is 206 g/mol. The Labute approximate surface area is 92.2 Å². The SMILES string of the molecule is Cc1ccccc1[S+](O)c1ccccn1. The fourth-order valence-electron chi connectivity index (χ4n) is 1.35. The lowest BCUT2D eigenvalue weighted by Crippen LogP contribution is -2.05. The number of hydrogen-bond acceptors (Lipinski definition) is 2. The van der Waals surface area contributed by atoms with Gasteiger partial charge in [0.25, 0.3) is 5.03 Å². The number of rotatable bonds is 2. The summed E-state index contributed by atoms with van der Waals surface area (Å²) in [6, 6.07) is 13.4. The lowest BCUT2D eigenvalue weighted by molar-refractivity contribution is 0.633. The number of nitrogens with zero attached hydrogens (tertiary/aromatic N) is 1. The third-order valence-electron chi connectivity index (χ3n) is 2.14. The first-order valence-electron chi connectivity index (χ1n) is 4.69. The van der Waals surface area contributed by atoms with Gasteiger partial charge in [-0.1, -0.05) is 24.3 Å². The Balaban J connectivity index is 2.37. The summed E-state index contributed by atoms with van der Waals surface area (Å²) in [5.41, 5.74) is 1.09. The summed E-state index contributed by atoms with van der Waals surface area (Å²) in [6.07, 6.45) is 1.70. The fraction of sp³-hybridized carbons (Fsp3) is 0.0833. The van der Waals surface area contributed by atoms with Gasteiger partial charge < -0.3 is 0 Å². The van der Waals surface area contributed by atoms with Crippen LogP contribution in [0, 0.1) is 6.92 Å². The Morgan fingerprint density at radius 2 is 1.80 bits per heavy atom. The normalized spacial score (nSPS) is 12.4. The van der Waals surface area contributed by atoms with Gasteiger partial charge >= 0.3 is 0 Å². The third kappa shape index (κ3) is 2.19. The Morgan fingerprint density at radius 3 is 2.47 bits per heavy atom. The van der Waals surface area contributed by atoms with Gasteiger partial charge in [-0.3, -0.25) is 0 Å². The van der Waals surface area contributed by atoms with Crippen LogP contribution in [0.1, 0.15) is 5.56 Å². The Morgan fingerprint density at radius 1 is 1.07 bits per heavy atom. The van der Waals surface area contributed by atoms with Crippen LogP contribution in [0.4, 0.5) is 0 Å². The molecule has 15 heavy (non-hydrogen) atoms. The van der Waals surface area contributed by atoms with Gasteiger partial charge in [-0.15, -0.1) is 0 Å². The first-order valence-corrected chi connectivity index (χ1v) is 5.87. The minimum absolute atomic E-state index is 0.715. The van der Waals surface area contributed by atoms with Crippen LogP contribution in [0.25, 0.3) is 0 Å². The molecule has 1 unspecified atom stereocenters. The monoisotopic (exact) mass is 218 g/mol. The fourth-order valence-corrected chi connectivity index (χ4v) is 2.52. The second-order valence-electron chi connectivity index (χ2n) is 3.22. The molecule has 2 aromatic rings. The second kappa shape index (κ2) is 4.47. The molecule has 0 saturated carbocycles. The molecule has 0 aliphatic heterocycles. The van der Waals surface area contributed by atoms with E-state index in [1.165, 1.54) is 0 Å². The standard InChI is InChI=1S/C12H12NOS/c1-10-6-2-3-7-11(10)15(14)12-8-4-5-9-13-12/h2-9,14H,1H3/q+1. The highest BCUT2D eigenvalue weighted by molar-refractivity contribution is 7.91. The van der Waals surface area contributed by atoms with E-state index in [-0.39, 0.29) is 0 Å². The van der Waals surface area contributed by atoms with Crippen molar-refractivity contribution in [1.29, 1.82) is 0 Å². The molecule has 3 heteroatoms. The molecule has 0 saturated heterocycles. The van der Waals surface area contributed by atoms with Crippen LogP contribution < -0.4 is 0 Å². The summed E-state index contributed by atoms with van der Waals surface area (Å²) >= 11 is -0.919. The molecule has 1 aromatic heterocycles. The zero-order valence-electron chi connectivity index (χ0n) is 8.42. The van der Waals surface area contributed by atoms with Gasteiger partial charge in [0.2, 0.25) is 16.1 Å². The van der Waals surface area contributed by atoms with Gasteiger partial charge in [0.05, 0.1) is 0 Å². The predicted octanol–water partition coefficient (Wildman–Crippen LogP) is 2.90. The lowest BCUT2D eigenvalue weighted by Gasteiger charge is -2.00. The van der Waals surface area contributed by atoms with E-state index in [9.17, 15) is 4.55 Å². The summed E-state index contributed by atoms with van der Waals surface area (Å²) < 4.78 is 10.1. The van der Waals surface area contributed by atoms with Crippen molar-refractivity contribution in [3.8, 4) is 0 Å². The maximum absolute atomic E-state index is 10.1. The zero-order chi connectivity index (χ0) is 10.7. The average Bonchev–Trinajstić information content (AvgIpc) is 2.30. The number of pyridine rings is 1. The summed E-state index contributed by atoms with van der Waals surface area (Å²) in [6.45, 7) is 1.99. The molecule has 0 fully saturated rings. The van der Waals surface area contributed by atoms with E-state index in [0.29, 0.717) is 5.03 Å². The van der Waals surface area contributed by atoms with Gasteiger partial charge in [0.1, 0.15) is 0 Å². The van der Waals surface area contributed by atoms with Crippen LogP contribution in [0.3, 0.4) is 0 Å². The van der Waals surface area contributed by atoms with Crippen molar-refractivity contribution in [2.75, 3.05) is 0 Å². The first kappa shape index (κ1) is 10.2. The van der Waals surface area contributed by atoms with Crippen LogP contribution in [-0.4, -0.2) is 9.54 Å². The molecule has 0 spiro atoms. The largest absolute Gasteiger partial charge is 0.287 e. The summed E-state index contributed by atoms with van der Waals surface area (Å²) in [7, 11) is 0. The molecule has 0 aliphatic rings. The van der Waals surface area contributed by atoms with Crippen molar-refractivity contribution in [3.05, 3.63) is 54.2 Å². The highest BCUT2D eigenvalue weighted by atomic mass is 32.2. The lowest BCUT2D eigenvalue weighted by atomic mass is 10.2. The van der Waals surface area contributed by atoms with Gasteiger partial charge in [0, 0.05) is 17.8 Å². The van der Waals surface area contributed by atoms with Crippen LogP contribution >= 0.6 is 0 Å². The van der Waals surface area contributed by atoms with Crippen molar-refractivity contribution in [2.45, 2.75) is 16.8 Å². The van der Waals surface area contributed by atoms with E-state index >= 15 is 0 Å². The van der Waals surface area contributed by atoms with Crippen LogP contribution in [0.5, 0.6) is 0 Å². The summed E-state index contributed by atoms with van der Waals surface area (Å²) in [5, 5.41) is 0.715. The van der Waals surface area contributed by atoms with Crippen molar-refractivity contribution >= 4 is 11.2 Å². The topological polar surface area (TPSA) is 33.1 Å². The quantitative estimate of drug-likeness (QED) is 0.786. The van der Waals surface area contributed by atoms with E-state index < -0.39 is 11.2 Å². The summed E-state index contributed by atoms with van der Waals surface area (Å²) in [5.74, 6) is 0. The minimum Gasteiger partial charge on any atom is -0.208 e. The molecule has 1 heterocycles. The molecular formula is C12H12NOS+. The maximum Gasteiger partial charge on any atom is 0.287 e. The highest BCUT2D eigenvalue weighted by Gasteiger charge is 2.26. The smallest absolute Gasteiger partial charge is 0.208 e. The van der Waals surface area contributed by atoms with Gasteiger partial charge in [-0.25, -0.2) is 4.98 Å². The van der Waals surface area contributed by atoms with E-state index in [2.05, 4.69) is 4.98 Å². The molecule has 2 nitrogen and oxygen atoms in total. The van der Waals surface area contributed by atoms with E-state index in [0.717, 1.165) is 10.5 Å². The molecule has 1 N–H and O–H groups in total. The van der Waals surface area contributed by atoms with Crippen molar-refractivity contribution in [2.24, 2.45) is 0 Å². The van der Waals surface area contributed by atoms with Crippen molar-refractivity contribution in [1.82, 2.24) is 4.98 Å². The summed E-state index contributed by atoms with van der Waals surface area (Å²) in [4.78, 5) is 5.10. The van der Waals surface area contributed by atoms with E-state index in [1.54, 1.807) is 6.20 Å². The zero-order valence-corrected chi connectivity index (χ0v) is 9.24. The first-order chi connectivity index (χ1) is 7.29. The molecule has 1 atom stereocenters. The molecule has 0 bridgehead atoms. The van der Waals surface area contributed by atoms with Gasteiger partial charge in [-0.2, -0.15) is 4.55 Å². The molecule has 0 amide bonds. The molecule has 0 aliphatic carbocycles. The Kier molecular flexibility index (Phi) is 3.04. The number of benzene rings is 1. The van der Waals surface area contributed by atoms with Crippen molar-refractivity contribution in [3.63, 3.8) is 0 Å². The van der Waals surface area contributed by atoms with E-state index in [1.807, 2.05) is 49.4 Å². The maximum atomic E-state index is 10.1. The van der Waals surface area contributed by atoms with E-state index in [4.69, 9.17) is 0 Å². The van der Waals surface area contributed by atoms with Gasteiger partial charge in [0.15, 0.2) is 0 Å². The molecule has 1 aromatic carbocycles. The van der Waals surface area contributed by atoms with Crippen LogP contribution in [0.2, 0.25) is 0 Å². The third-order valence-corrected chi connectivity index (χ3v) is 3.65. The van der Waals surface area contributed by atoms with Crippen molar-refractivity contribution < 1.29 is 4.55 Å². The molecule has 2 rings (SSSR count). The Hall–Kier alpha value is -1.32. The minimum atomic E-state index is -0.919. The Bertz CT molecular complexity index is 444. The second-order valence-corrected chi connectivity index (χ2v) is 4.65. The molecule has 0 radical (unpaired) electrons. The molecule has 76 valence electrons.